The summed E-state index contributed by atoms with van der Waals surface area (Å²) in [6, 6.07) is 17.8. The molecule has 0 fully saturated rings. The second-order valence-electron chi connectivity index (χ2n) is 5.00. The molecule has 1 amide bonds. The Hall–Kier alpha value is -2.46. The molecule has 0 aromatic heterocycles. The molecule has 2 aromatic carbocycles. The molecule has 114 valence electrons. The molecule has 4 nitrogen and oxygen atoms in total. The zero-order valence-electron chi connectivity index (χ0n) is 12.5. The lowest BCUT2D eigenvalue weighted by Crippen LogP contribution is -2.40. The third-order valence-corrected chi connectivity index (χ3v) is 3.48. The number of carbonyl (C=O) groups is 2. The average Bonchev–Trinajstić information content (AvgIpc) is 2.59. The number of anilines is 1. The first-order valence-corrected chi connectivity index (χ1v) is 7.21. The second kappa shape index (κ2) is 7.52. The summed E-state index contributed by atoms with van der Waals surface area (Å²) in [5.74, 6) is -1.33. The van der Waals surface area contributed by atoms with E-state index in [1.807, 2.05) is 24.3 Å². The predicted octanol–water partition coefficient (Wildman–Crippen LogP) is 2.53. The Bertz CT molecular complexity index is 625. The van der Waals surface area contributed by atoms with Crippen LogP contribution in [0, 0.1) is 5.92 Å². The van der Waals surface area contributed by atoms with Gasteiger partial charge in [0.1, 0.15) is 0 Å². The maximum Gasteiger partial charge on any atom is 0.237 e. The number of hydrogen-bond acceptors (Lipinski definition) is 3. The molecule has 1 atom stereocenters. The van der Waals surface area contributed by atoms with Gasteiger partial charge in [0.2, 0.25) is 5.91 Å². The van der Waals surface area contributed by atoms with Gasteiger partial charge in [-0.3, -0.25) is 9.59 Å². The van der Waals surface area contributed by atoms with Crippen LogP contribution in [0.4, 0.5) is 5.69 Å². The van der Waals surface area contributed by atoms with E-state index >= 15 is 0 Å². The molecule has 1 unspecified atom stereocenters. The summed E-state index contributed by atoms with van der Waals surface area (Å²) in [7, 11) is 0. The van der Waals surface area contributed by atoms with Gasteiger partial charge in [0.25, 0.3) is 0 Å². The normalized spacial score (nSPS) is 11.7. The number of nitrogens with zero attached hydrogens (tertiary/aromatic N) is 1. The molecule has 0 spiro atoms. The van der Waals surface area contributed by atoms with Gasteiger partial charge in [-0.1, -0.05) is 48.5 Å². The Kier molecular flexibility index (Phi) is 5.44. The molecule has 4 heteroatoms. The first-order valence-electron chi connectivity index (χ1n) is 7.21. The first kappa shape index (κ1) is 15.9. The lowest BCUT2D eigenvalue weighted by atomic mass is 9.98. The highest BCUT2D eigenvalue weighted by atomic mass is 16.3. The van der Waals surface area contributed by atoms with Crippen LogP contribution in [0.15, 0.2) is 60.7 Å². The molecule has 0 saturated heterocycles. The maximum atomic E-state index is 12.6. The number of Topliss-reactive ketones (excluding diaryl/α,β-unsaturated/α-hetero) is 1. The fraction of sp³-hybridized carbons (Fsp3) is 0.222. The summed E-state index contributed by atoms with van der Waals surface area (Å²) in [6.45, 7) is 1.60. The van der Waals surface area contributed by atoms with Crippen molar-refractivity contribution in [3.8, 4) is 0 Å². The molecular formula is C18H19NO3. The van der Waals surface area contributed by atoms with Crippen molar-refractivity contribution in [3.05, 3.63) is 66.2 Å². The number of carbonyl (C=O) groups excluding carboxylic acids is 2. The van der Waals surface area contributed by atoms with Gasteiger partial charge in [-0.25, -0.2) is 0 Å². The minimum atomic E-state index is -0.797. The van der Waals surface area contributed by atoms with Gasteiger partial charge in [0.15, 0.2) is 5.78 Å². The molecule has 0 aliphatic carbocycles. The third-order valence-electron chi connectivity index (χ3n) is 3.48. The van der Waals surface area contributed by atoms with E-state index in [0.717, 1.165) is 0 Å². The molecule has 2 rings (SSSR count). The van der Waals surface area contributed by atoms with Crippen molar-refractivity contribution in [2.75, 3.05) is 18.1 Å². The molecule has 22 heavy (non-hydrogen) atoms. The Morgan fingerprint density at radius 2 is 1.55 bits per heavy atom. The van der Waals surface area contributed by atoms with E-state index in [-0.39, 0.29) is 24.8 Å². The van der Waals surface area contributed by atoms with E-state index in [4.69, 9.17) is 0 Å². The van der Waals surface area contributed by atoms with Crippen LogP contribution >= 0.6 is 0 Å². The monoisotopic (exact) mass is 297 g/mol. The smallest absolute Gasteiger partial charge is 0.237 e. The molecule has 2 aromatic rings. The first-order chi connectivity index (χ1) is 10.6. The molecule has 0 aliphatic rings. The van der Waals surface area contributed by atoms with Crippen LogP contribution in [-0.4, -0.2) is 29.9 Å². The fourth-order valence-electron chi connectivity index (χ4n) is 2.27. The Morgan fingerprint density at radius 3 is 2.09 bits per heavy atom. The SMILES string of the molecule is CC(C(=O)c1ccccc1)C(=O)N(CCO)c1ccccc1. The van der Waals surface area contributed by atoms with Crippen LogP contribution < -0.4 is 4.90 Å². The van der Waals surface area contributed by atoms with Gasteiger partial charge in [-0.15, -0.1) is 0 Å². The van der Waals surface area contributed by atoms with Crippen LogP contribution in [0.25, 0.3) is 0 Å². The topological polar surface area (TPSA) is 57.6 Å². The van der Waals surface area contributed by atoms with Crippen molar-refractivity contribution >= 4 is 17.4 Å². The van der Waals surface area contributed by atoms with Crippen LogP contribution in [-0.2, 0) is 4.79 Å². The lowest BCUT2D eigenvalue weighted by molar-refractivity contribution is -0.120. The summed E-state index contributed by atoms with van der Waals surface area (Å²) >= 11 is 0. The number of amides is 1. The molecule has 0 bridgehead atoms. The Balaban J connectivity index is 2.22. The quantitative estimate of drug-likeness (QED) is 0.658. The van der Waals surface area contributed by atoms with Crippen molar-refractivity contribution in [2.45, 2.75) is 6.92 Å². The van der Waals surface area contributed by atoms with Gasteiger partial charge in [0, 0.05) is 17.8 Å². The largest absolute Gasteiger partial charge is 0.395 e. The number of benzene rings is 2. The standard InChI is InChI=1S/C18H19NO3/c1-14(17(21)15-8-4-2-5-9-15)18(22)19(12-13-20)16-10-6-3-7-11-16/h2-11,14,20H,12-13H2,1H3. The summed E-state index contributed by atoms with van der Waals surface area (Å²) in [5, 5.41) is 9.21. The van der Waals surface area contributed by atoms with Crippen molar-refractivity contribution in [3.63, 3.8) is 0 Å². The van der Waals surface area contributed by atoms with Gasteiger partial charge in [0.05, 0.1) is 12.5 Å². The van der Waals surface area contributed by atoms with Crippen molar-refractivity contribution in [1.29, 1.82) is 0 Å². The number of ketones is 1. The number of hydrogen-bond donors (Lipinski definition) is 1. The van der Waals surface area contributed by atoms with Gasteiger partial charge in [-0.2, -0.15) is 0 Å². The Morgan fingerprint density at radius 1 is 1.00 bits per heavy atom. The van der Waals surface area contributed by atoms with Crippen molar-refractivity contribution < 1.29 is 14.7 Å². The van der Waals surface area contributed by atoms with Crippen molar-refractivity contribution in [1.82, 2.24) is 0 Å². The summed E-state index contributed by atoms with van der Waals surface area (Å²) in [4.78, 5) is 26.5. The number of para-hydroxylation sites is 1. The lowest BCUT2D eigenvalue weighted by Gasteiger charge is -2.24. The average molecular weight is 297 g/mol. The van der Waals surface area contributed by atoms with E-state index in [2.05, 4.69) is 0 Å². The minimum Gasteiger partial charge on any atom is -0.395 e. The maximum absolute atomic E-state index is 12.6. The van der Waals surface area contributed by atoms with Gasteiger partial charge < -0.3 is 10.0 Å². The molecule has 1 N–H and O–H groups in total. The molecule has 0 radical (unpaired) electrons. The van der Waals surface area contributed by atoms with Crippen LogP contribution in [0.5, 0.6) is 0 Å². The van der Waals surface area contributed by atoms with E-state index in [1.165, 1.54) is 4.90 Å². The zero-order chi connectivity index (χ0) is 15.9. The molecule has 0 saturated carbocycles. The summed E-state index contributed by atoms with van der Waals surface area (Å²) in [6.07, 6.45) is 0. The van der Waals surface area contributed by atoms with E-state index in [1.54, 1.807) is 43.3 Å². The number of rotatable bonds is 6. The van der Waals surface area contributed by atoms with E-state index in [0.29, 0.717) is 11.3 Å². The van der Waals surface area contributed by atoms with Crippen LogP contribution in [0.1, 0.15) is 17.3 Å². The molecule has 0 aliphatic heterocycles. The highest BCUT2D eigenvalue weighted by Gasteiger charge is 2.27. The molecular weight excluding hydrogens is 278 g/mol. The summed E-state index contributed by atoms with van der Waals surface area (Å²) in [5.41, 5.74) is 1.19. The predicted molar refractivity (Wildman–Crippen MR) is 85.8 cm³/mol. The van der Waals surface area contributed by atoms with E-state index in [9.17, 15) is 14.7 Å². The van der Waals surface area contributed by atoms with Crippen LogP contribution in [0.2, 0.25) is 0 Å². The van der Waals surface area contributed by atoms with Gasteiger partial charge in [-0.05, 0) is 19.1 Å². The highest BCUT2D eigenvalue weighted by Crippen LogP contribution is 2.18. The minimum absolute atomic E-state index is 0.160. The number of aliphatic hydroxyl groups excluding tert-OH is 1. The highest BCUT2D eigenvalue weighted by molar-refractivity contribution is 6.14. The third kappa shape index (κ3) is 3.59. The Labute approximate surface area is 130 Å². The van der Waals surface area contributed by atoms with Crippen molar-refractivity contribution in [2.24, 2.45) is 5.92 Å². The fourth-order valence-corrected chi connectivity index (χ4v) is 2.27. The summed E-state index contributed by atoms with van der Waals surface area (Å²) < 4.78 is 0. The molecule has 0 heterocycles. The van der Waals surface area contributed by atoms with Gasteiger partial charge >= 0.3 is 0 Å². The number of aliphatic hydroxyl groups is 1. The van der Waals surface area contributed by atoms with E-state index < -0.39 is 5.92 Å². The zero-order valence-corrected chi connectivity index (χ0v) is 12.5. The second-order valence-corrected chi connectivity index (χ2v) is 5.00. The van der Waals surface area contributed by atoms with Crippen LogP contribution in [0.3, 0.4) is 0 Å².